The van der Waals surface area contributed by atoms with Crippen LogP contribution in [0.15, 0.2) is 41.1 Å². The first-order valence-corrected chi connectivity index (χ1v) is 8.24. The van der Waals surface area contributed by atoms with Crippen LogP contribution in [0.5, 0.6) is 0 Å². The molecule has 0 saturated heterocycles. The first kappa shape index (κ1) is 18.7. The highest BCUT2D eigenvalue weighted by Crippen LogP contribution is 2.09. The van der Waals surface area contributed by atoms with Gasteiger partial charge in [0, 0.05) is 31.4 Å². The van der Waals surface area contributed by atoms with Crippen molar-refractivity contribution in [2.45, 2.75) is 20.3 Å². The molecule has 2 rings (SSSR count). The molecule has 1 heterocycles. The van der Waals surface area contributed by atoms with Gasteiger partial charge in [-0.25, -0.2) is 0 Å². The molecule has 1 N–H and O–H groups in total. The summed E-state index contributed by atoms with van der Waals surface area (Å²) in [7, 11) is 0. The summed E-state index contributed by atoms with van der Waals surface area (Å²) in [5.74, 6) is -0.195. The van der Waals surface area contributed by atoms with E-state index in [2.05, 4.69) is 15.0 Å². The average molecular weight is 345 g/mol. The van der Waals surface area contributed by atoms with E-state index in [0.717, 1.165) is 5.56 Å². The molecule has 134 valence electrons. The molecule has 0 aliphatic rings. The number of benzene rings is 1. The van der Waals surface area contributed by atoms with Crippen molar-refractivity contribution in [3.05, 3.63) is 47.7 Å². The van der Waals surface area contributed by atoms with E-state index in [-0.39, 0.29) is 18.4 Å². The van der Waals surface area contributed by atoms with Gasteiger partial charge in [-0.05, 0) is 32.4 Å². The van der Waals surface area contributed by atoms with Crippen molar-refractivity contribution < 1.29 is 18.8 Å². The molecule has 0 aliphatic heterocycles. The quantitative estimate of drug-likeness (QED) is 0.706. The summed E-state index contributed by atoms with van der Waals surface area (Å²) < 4.78 is 9.99. The van der Waals surface area contributed by atoms with Gasteiger partial charge in [-0.2, -0.15) is 0 Å². The number of carbonyl (C=O) groups is 2. The molecular formula is C18H23N3O4. The molecule has 2 aromatic rings. The lowest BCUT2D eigenvalue weighted by molar-refractivity contribution is -0.117. The third-order valence-corrected chi connectivity index (χ3v) is 3.55. The number of carbonyl (C=O) groups excluding carboxylic acids is 2. The molecule has 2 amide bonds. The van der Waals surface area contributed by atoms with Crippen LogP contribution in [0.25, 0.3) is 0 Å². The Hall–Kier alpha value is -2.67. The molecule has 25 heavy (non-hydrogen) atoms. The number of ether oxygens (including phenoxy) is 1. The van der Waals surface area contributed by atoms with Crippen LogP contribution in [0, 0.1) is 6.92 Å². The van der Waals surface area contributed by atoms with Crippen LogP contribution in [0.2, 0.25) is 0 Å². The topological polar surface area (TPSA) is 84.7 Å². The maximum atomic E-state index is 12.7. The number of aromatic nitrogens is 1. The van der Waals surface area contributed by atoms with E-state index in [0.29, 0.717) is 37.6 Å². The molecule has 0 bridgehead atoms. The van der Waals surface area contributed by atoms with Crippen molar-refractivity contribution in [2.75, 3.05) is 31.6 Å². The van der Waals surface area contributed by atoms with Gasteiger partial charge < -0.3 is 19.5 Å². The number of hydrogen-bond acceptors (Lipinski definition) is 5. The molecule has 0 aliphatic carbocycles. The molecule has 0 spiro atoms. The molecular weight excluding hydrogens is 322 g/mol. The van der Waals surface area contributed by atoms with Crippen molar-refractivity contribution in [3.8, 4) is 0 Å². The van der Waals surface area contributed by atoms with Crippen LogP contribution in [-0.4, -0.2) is 48.2 Å². The summed E-state index contributed by atoms with van der Waals surface area (Å²) in [6.45, 7) is 5.41. The van der Waals surface area contributed by atoms with E-state index in [1.807, 2.05) is 26.0 Å². The second kappa shape index (κ2) is 9.58. The zero-order valence-corrected chi connectivity index (χ0v) is 14.5. The van der Waals surface area contributed by atoms with Gasteiger partial charge in [0.25, 0.3) is 5.91 Å². The Morgan fingerprint density at radius 2 is 2.00 bits per heavy atom. The van der Waals surface area contributed by atoms with Gasteiger partial charge in [-0.3, -0.25) is 9.59 Å². The fraction of sp³-hybridized carbons (Fsp3) is 0.389. The number of rotatable bonds is 9. The Morgan fingerprint density at radius 1 is 1.24 bits per heavy atom. The van der Waals surface area contributed by atoms with Gasteiger partial charge >= 0.3 is 0 Å². The van der Waals surface area contributed by atoms with Crippen molar-refractivity contribution in [2.24, 2.45) is 0 Å². The van der Waals surface area contributed by atoms with Crippen LogP contribution in [0.3, 0.4) is 0 Å². The molecule has 0 unspecified atom stereocenters. The van der Waals surface area contributed by atoms with Gasteiger partial charge in [0.15, 0.2) is 5.82 Å². The lowest BCUT2D eigenvalue weighted by atomic mass is 10.1. The predicted octanol–water partition coefficient (Wildman–Crippen LogP) is 2.49. The van der Waals surface area contributed by atoms with E-state index < -0.39 is 0 Å². The minimum Gasteiger partial charge on any atom is -0.382 e. The highest BCUT2D eigenvalue weighted by atomic mass is 16.5. The highest BCUT2D eigenvalue weighted by molar-refractivity contribution is 5.99. The van der Waals surface area contributed by atoms with Gasteiger partial charge in [0.2, 0.25) is 5.91 Å². The van der Waals surface area contributed by atoms with Crippen molar-refractivity contribution >= 4 is 17.6 Å². The van der Waals surface area contributed by atoms with Gasteiger partial charge in [0.05, 0.1) is 0 Å². The summed E-state index contributed by atoms with van der Waals surface area (Å²) in [5.41, 5.74) is 1.62. The summed E-state index contributed by atoms with van der Waals surface area (Å²) in [6.07, 6.45) is 2.02. The van der Waals surface area contributed by atoms with Crippen LogP contribution in [0.4, 0.5) is 5.82 Å². The largest absolute Gasteiger partial charge is 0.382 e. The number of hydrogen-bond donors (Lipinski definition) is 1. The van der Waals surface area contributed by atoms with Gasteiger partial charge in [-0.1, -0.05) is 22.9 Å². The minimum atomic E-state index is -0.328. The third-order valence-electron chi connectivity index (χ3n) is 3.55. The number of nitrogens with one attached hydrogen (secondary N) is 1. The average Bonchev–Trinajstić information content (AvgIpc) is 3.10. The van der Waals surface area contributed by atoms with E-state index in [4.69, 9.17) is 4.74 Å². The van der Waals surface area contributed by atoms with E-state index in [1.54, 1.807) is 18.2 Å². The maximum Gasteiger partial charge on any atom is 0.254 e. The lowest BCUT2D eigenvalue weighted by Gasteiger charge is -2.22. The van der Waals surface area contributed by atoms with Crippen molar-refractivity contribution in [3.63, 3.8) is 0 Å². The molecule has 1 aromatic heterocycles. The van der Waals surface area contributed by atoms with E-state index >= 15 is 0 Å². The van der Waals surface area contributed by atoms with E-state index in [9.17, 15) is 9.59 Å². The summed E-state index contributed by atoms with van der Waals surface area (Å²) in [6, 6.07) is 8.83. The molecule has 0 saturated carbocycles. The Kier molecular flexibility index (Phi) is 7.16. The fourth-order valence-electron chi connectivity index (χ4n) is 2.27. The van der Waals surface area contributed by atoms with Gasteiger partial charge in [-0.15, -0.1) is 0 Å². The fourth-order valence-corrected chi connectivity index (χ4v) is 2.27. The Balaban J connectivity index is 2.01. The zero-order chi connectivity index (χ0) is 18.1. The molecule has 0 atom stereocenters. The Morgan fingerprint density at radius 3 is 2.64 bits per heavy atom. The highest BCUT2D eigenvalue weighted by Gasteiger charge is 2.19. The minimum absolute atomic E-state index is 0.0638. The zero-order valence-electron chi connectivity index (χ0n) is 14.5. The second-order valence-corrected chi connectivity index (χ2v) is 5.58. The van der Waals surface area contributed by atoms with Gasteiger partial charge in [0.1, 0.15) is 12.8 Å². The summed E-state index contributed by atoms with van der Waals surface area (Å²) in [4.78, 5) is 26.4. The van der Waals surface area contributed by atoms with Crippen molar-refractivity contribution in [1.29, 1.82) is 0 Å². The summed E-state index contributed by atoms with van der Waals surface area (Å²) in [5, 5.41) is 6.23. The third kappa shape index (κ3) is 6.04. The number of amides is 2. The Bertz CT molecular complexity index is 668. The SMILES string of the molecule is CCOCCCN(CC(=O)Nc1ccon1)C(=O)c1ccc(C)cc1. The first-order chi connectivity index (χ1) is 12.1. The molecule has 7 nitrogen and oxygen atoms in total. The predicted molar refractivity (Wildman–Crippen MR) is 93.3 cm³/mol. The number of anilines is 1. The standard InChI is InChI=1S/C18H23N3O4/c1-3-24-11-4-10-21(13-17(22)19-16-9-12-25-20-16)18(23)15-7-5-14(2)6-8-15/h5-9,12H,3-4,10-11,13H2,1-2H3,(H,19,20,22). The maximum absolute atomic E-state index is 12.7. The monoisotopic (exact) mass is 345 g/mol. The van der Waals surface area contributed by atoms with Crippen LogP contribution < -0.4 is 5.32 Å². The number of aryl methyl sites for hydroxylation is 1. The smallest absolute Gasteiger partial charge is 0.254 e. The van der Waals surface area contributed by atoms with Crippen LogP contribution in [-0.2, 0) is 9.53 Å². The first-order valence-electron chi connectivity index (χ1n) is 8.24. The normalized spacial score (nSPS) is 10.5. The molecule has 1 aromatic carbocycles. The van der Waals surface area contributed by atoms with Crippen LogP contribution >= 0.6 is 0 Å². The van der Waals surface area contributed by atoms with E-state index in [1.165, 1.54) is 11.2 Å². The molecule has 7 heteroatoms. The lowest BCUT2D eigenvalue weighted by Crippen LogP contribution is -2.39. The summed E-state index contributed by atoms with van der Waals surface area (Å²) >= 11 is 0. The molecule has 0 radical (unpaired) electrons. The number of nitrogens with zero attached hydrogens (tertiary/aromatic N) is 2. The Labute approximate surface area is 146 Å². The van der Waals surface area contributed by atoms with Crippen LogP contribution in [0.1, 0.15) is 29.3 Å². The van der Waals surface area contributed by atoms with Crippen molar-refractivity contribution in [1.82, 2.24) is 10.1 Å². The molecule has 0 fully saturated rings. The second-order valence-electron chi connectivity index (χ2n) is 5.58.